The summed E-state index contributed by atoms with van der Waals surface area (Å²) in [7, 11) is 1.67. The number of rotatable bonds is 4. The number of ether oxygens (including phenoxy) is 1. The van der Waals surface area contributed by atoms with Gasteiger partial charge in [-0.05, 0) is 31.0 Å². The van der Waals surface area contributed by atoms with Crippen molar-refractivity contribution in [2.75, 3.05) is 12.4 Å². The van der Waals surface area contributed by atoms with Gasteiger partial charge in [-0.25, -0.2) is 4.98 Å². The molecule has 0 bridgehead atoms. The number of nitrogens with two attached hydrogens (primary N) is 1. The van der Waals surface area contributed by atoms with Gasteiger partial charge >= 0.3 is 0 Å². The van der Waals surface area contributed by atoms with E-state index in [0.717, 1.165) is 27.0 Å². The van der Waals surface area contributed by atoms with Crippen molar-refractivity contribution in [2.24, 2.45) is 5.73 Å². The van der Waals surface area contributed by atoms with Crippen LogP contribution in [0.15, 0.2) is 18.3 Å². The predicted molar refractivity (Wildman–Crippen MR) is 75.8 cm³/mol. The highest BCUT2D eigenvalue weighted by Gasteiger charge is 2.10. The Hall–Kier alpha value is -1.59. The average molecular weight is 263 g/mol. The molecule has 18 heavy (non-hydrogen) atoms. The van der Waals surface area contributed by atoms with Crippen LogP contribution in [0.2, 0.25) is 0 Å². The standard InChI is InChI=1S/C13H17N3OS/c1-8-4-9(2)12(11(5-8)17-3)16-13-15-7-10(6-14)18-13/h4-5,7H,6,14H2,1-3H3,(H,15,16). The van der Waals surface area contributed by atoms with Crippen LogP contribution in [0.1, 0.15) is 16.0 Å². The Kier molecular flexibility index (Phi) is 3.84. The molecule has 96 valence electrons. The number of hydrogen-bond acceptors (Lipinski definition) is 5. The Balaban J connectivity index is 2.33. The van der Waals surface area contributed by atoms with Crippen LogP contribution >= 0.6 is 11.3 Å². The van der Waals surface area contributed by atoms with Gasteiger partial charge in [0.25, 0.3) is 0 Å². The first-order valence-corrected chi connectivity index (χ1v) is 6.52. The largest absolute Gasteiger partial charge is 0.495 e. The van der Waals surface area contributed by atoms with E-state index in [1.54, 1.807) is 24.6 Å². The monoisotopic (exact) mass is 263 g/mol. The number of hydrogen-bond donors (Lipinski definition) is 2. The molecule has 0 aliphatic rings. The molecule has 1 aromatic carbocycles. The molecule has 3 N–H and O–H groups in total. The Morgan fingerprint density at radius 2 is 2.17 bits per heavy atom. The van der Waals surface area contributed by atoms with E-state index in [9.17, 15) is 0 Å². The molecule has 0 radical (unpaired) electrons. The molecule has 0 spiro atoms. The van der Waals surface area contributed by atoms with Crippen LogP contribution in [0.3, 0.4) is 0 Å². The molecule has 2 rings (SSSR count). The van der Waals surface area contributed by atoms with Gasteiger partial charge in [-0.1, -0.05) is 6.07 Å². The van der Waals surface area contributed by atoms with Gasteiger partial charge in [-0.15, -0.1) is 11.3 Å². The second-order valence-electron chi connectivity index (χ2n) is 4.12. The van der Waals surface area contributed by atoms with Gasteiger partial charge in [-0.2, -0.15) is 0 Å². The minimum absolute atomic E-state index is 0.517. The molecular formula is C13H17N3OS. The van der Waals surface area contributed by atoms with E-state index in [0.29, 0.717) is 6.54 Å². The topological polar surface area (TPSA) is 60.2 Å². The number of methoxy groups -OCH3 is 1. The van der Waals surface area contributed by atoms with E-state index in [4.69, 9.17) is 10.5 Å². The fourth-order valence-electron chi connectivity index (χ4n) is 1.82. The van der Waals surface area contributed by atoms with Gasteiger partial charge in [-0.3, -0.25) is 0 Å². The third-order valence-electron chi connectivity index (χ3n) is 2.65. The molecule has 0 unspecified atom stereocenters. The summed E-state index contributed by atoms with van der Waals surface area (Å²) in [5.74, 6) is 0.831. The second-order valence-corrected chi connectivity index (χ2v) is 5.24. The zero-order chi connectivity index (χ0) is 13.1. The van der Waals surface area contributed by atoms with Crippen LogP contribution < -0.4 is 15.8 Å². The van der Waals surface area contributed by atoms with Gasteiger partial charge in [0.2, 0.25) is 0 Å². The van der Waals surface area contributed by atoms with Crippen molar-refractivity contribution in [3.63, 3.8) is 0 Å². The van der Waals surface area contributed by atoms with Crippen LogP contribution in [0.25, 0.3) is 0 Å². The molecule has 1 heterocycles. The molecule has 4 nitrogen and oxygen atoms in total. The lowest BCUT2D eigenvalue weighted by Crippen LogP contribution is -1.97. The fraction of sp³-hybridized carbons (Fsp3) is 0.308. The SMILES string of the molecule is COc1cc(C)cc(C)c1Nc1ncc(CN)s1. The van der Waals surface area contributed by atoms with E-state index in [2.05, 4.69) is 30.2 Å². The average Bonchev–Trinajstić information content (AvgIpc) is 2.80. The molecular weight excluding hydrogens is 246 g/mol. The highest BCUT2D eigenvalue weighted by atomic mass is 32.1. The second kappa shape index (κ2) is 5.37. The number of nitrogens with one attached hydrogen (secondary N) is 1. The summed E-state index contributed by atoms with van der Waals surface area (Å²) in [4.78, 5) is 5.35. The third kappa shape index (κ3) is 2.63. The van der Waals surface area contributed by atoms with Crippen LogP contribution in [0, 0.1) is 13.8 Å². The van der Waals surface area contributed by atoms with Crippen LogP contribution in [-0.4, -0.2) is 12.1 Å². The third-order valence-corrected chi connectivity index (χ3v) is 3.59. The summed E-state index contributed by atoms with van der Waals surface area (Å²) in [6.07, 6.45) is 1.79. The van der Waals surface area contributed by atoms with Crippen molar-refractivity contribution in [1.29, 1.82) is 0 Å². The van der Waals surface area contributed by atoms with Crippen molar-refractivity contribution in [3.05, 3.63) is 34.3 Å². The van der Waals surface area contributed by atoms with E-state index in [1.807, 2.05) is 6.07 Å². The zero-order valence-electron chi connectivity index (χ0n) is 10.8. The lowest BCUT2D eigenvalue weighted by atomic mass is 10.1. The highest BCUT2D eigenvalue weighted by Crippen LogP contribution is 2.33. The molecule has 0 amide bonds. The molecule has 1 aromatic heterocycles. The molecule has 2 aromatic rings. The summed E-state index contributed by atoms with van der Waals surface area (Å²) in [5.41, 5.74) is 8.85. The number of thiazole rings is 1. The van der Waals surface area contributed by atoms with Crippen molar-refractivity contribution >= 4 is 22.2 Å². The lowest BCUT2D eigenvalue weighted by Gasteiger charge is -2.13. The zero-order valence-corrected chi connectivity index (χ0v) is 11.6. The molecule has 5 heteroatoms. The van der Waals surface area contributed by atoms with Crippen molar-refractivity contribution in [1.82, 2.24) is 4.98 Å². The summed E-state index contributed by atoms with van der Waals surface area (Å²) >= 11 is 1.56. The Bertz CT molecular complexity index is 551. The molecule has 0 saturated carbocycles. The number of anilines is 2. The summed E-state index contributed by atoms with van der Waals surface area (Å²) < 4.78 is 5.40. The van der Waals surface area contributed by atoms with Gasteiger partial charge in [0.15, 0.2) is 5.13 Å². The minimum Gasteiger partial charge on any atom is -0.495 e. The lowest BCUT2D eigenvalue weighted by molar-refractivity contribution is 0.416. The molecule has 0 atom stereocenters. The first-order chi connectivity index (χ1) is 8.63. The Morgan fingerprint density at radius 1 is 1.39 bits per heavy atom. The molecule has 0 saturated heterocycles. The van der Waals surface area contributed by atoms with Gasteiger partial charge in [0.1, 0.15) is 5.75 Å². The van der Waals surface area contributed by atoms with E-state index >= 15 is 0 Å². The predicted octanol–water partition coefficient (Wildman–Crippen LogP) is 2.97. The maximum Gasteiger partial charge on any atom is 0.187 e. The van der Waals surface area contributed by atoms with E-state index in [1.165, 1.54) is 5.56 Å². The smallest absolute Gasteiger partial charge is 0.187 e. The maximum atomic E-state index is 5.58. The van der Waals surface area contributed by atoms with Crippen LogP contribution in [0.5, 0.6) is 5.75 Å². The number of benzene rings is 1. The first-order valence-electron chi connectivity index (χ1n) is 5.71. The van der Waals surface area contributed by atoms with Crippen molar-refractivity contribution < 1.29 is 4.74 Å². The summed E-state index contributed by atoms with van der Waals surface area (Å²) in [5, 5.41) is 4.13. The Labute approximate surface area is 111 Å². The van der Waals surface area contributed by atoms with Gasteiger partial charge in [0.05, 0.1) is 12.8 Å². The van der Waals surface area contributed by atoms with E-state index < -0.39 is 0 Å². The maximum absolute atomic E-state index is 5.58. The van der Waals surface area contributed by atoms with Crippen LogP contribution in [-0.2, 0) is 6.54 Å². The van der Waals surface area contributed by atoms with Gasteiger partial charge < -0.3 is 15.8 Å². The Morgan fingerprint density at radius 3 is 2.78 bits per heavy atom. The van der Waals surface area contributed by atoms with E-state index in [-0.39, 0.29) is 0 Å². The quantitative estimate of drug-likeness (QED) is 0.890. The fourth-order valence-corrected chi connectivity index (χ4v) is 2.51. The number of nitrogens with zero attached hydrogens (tertiary/aromatic N) is 1. The number of aryl methyl sites for hydroxylation is 2. The minimum atomic E-state index is 0.517. The highest BCUT2D eigenvalue weighted by molar-refractivity contribution is 7.15. The number of aromatic nitrogens is 1. The van der Waals surface area contributed by atoms with Crippen LogP contribution in [0.4, 0.5) is 10.8 Å². The summed E-state index contributed by atoms with van der Waals surface area (Å²) in [6, 6.07) is 4.12. The van der Waals surface area contributed by atoms with Crippen molar-refractivity contribution in [3.8, 4) is 5.75 Å². The normalized spacial score (nSPS) is 10.4. The molecule has 0 aliphatic heterocycles. The van der Waals surface area contributed by atoms with Crippen molar-refractivity contribution in [2.45, 2.75) is 20.4 Å². The summed E-state index contributed by atoms with van der Waals surface area (Å²) in [6.45, 7) is 4.62. The molecule has 0 aliphatic carbocycles. The molecule has 0 fully saturated rings. The van der Waals surface area contributed by atoms with Gasteiger partial charge in [0, 0.05) is 17.6 Å². The first kappa shape index (κ1) is 12.9.